The van der Waals surface area contributed by atoms with E-state index in [4.69, 9.17) is 14.6 Å². The fourth-order valence-corrected chi connectivity index (χ4v) is 4.74. The fraction of sp³-hybridized carbons (Fsp3) is 0.565. The van der Waals surface area contributed by atoms with Gasteiger partial charge < -0.3 is 20.1 Å². The normalized spacial score (nSPS) is 22.1. The maximum atomic E-state index is 12.6. The predicted octanol–water partition coefficient (Wildman–Crippen LogP) is 1.14. The second-order valence-corrected chi connectivity index (χ2v) is 8.55. The summed E-state index contributed by atoms with van der Waals surface area (Å²) in [6.45, 7) is 3.82. The number of carbonyl (C=O) groups is 4. The highest BCUT2D eigenvalue weighted by molar-refractivity contribution is 5.96. The number of hydrogen-bond acceptors (Lipinski definition) is 6. The van der Waals surface area contributed by atoms with Gasteiger partial charge in [-0.1, -0.05) is 18.2 Å². The summed E-state index contributed by atoms with van der Waals surface area (Å²) in [7, 11) is 0. The van der Waals surface area contributed by atoms with E-state index in [1.807, 2.05) is 6.07 Å². The molecule has 0 aliphatic carbocycles. The van der Waals surface area contributed by atoms with Gasteiger partial charge in [-0.3, -0.25) is 24.1 Å². The van der Waals surface area contributed by atoms with Gasteiger partial charge in [-0.15, -0.1) is 0 Å². The van der Waals surface area contributed by atoms with Crippen LogP contribution >= 0.6 is 0 Å². The summed E-state index contributed by atoms with van der Waals surface area (Å²) in [5.41, 5.74) is 0.102. The largest absolute Gasteiger partial charge is 0.483 e. The van der Waals surface area contributed by atoms with Gasteiger partial charge in [-0.2, -0.15) is 0 Å². The zero-order valence-electron chi connectivity index (χ0n) is 18.2. The molecule has 32 heavy (non-hydrogen) atoms. The highest BCUT2D eigenvalue weighted by Crippen LogP contribution is 2.43. The summed E-state index contributed by atoms with van der Waals surface area (Å²) < 4.78 is 5.70. The Morgan fingerprint density at radius 2 is 1.75 bits per heavy atom. The third-order valence-electron chi connectivity index (χ3n) is 6.50. The van der Waals surface area contributed by atoms with Crippen molar-refractivity contribution in [1.29, 1.82) is 0 Å². The van der Waals surface area contributed by atoms with E-state index >= 15 is 0 Å². The maximum Gasteiger partial charge on any atom is 0.312 e. The molecule has 3 saturated heterocycles. The Kier molecular flexibility index (Phi) is 8.21. The molecule has 3 aliphatic rings. The van der Waals surface area contributed by atoms with E-state index in [2.05, 4.69) is 10.2 Å². The lowest BCUT2D eigenvalue weighted by molar-refractivity contribution is -0.152. The van der Waals surface area contributed by atoms with Crippen LogP contribution in [0.3, 0.4) is 0 Å². The molecule has 9 heteroatoms. The summed E-state index contributed by atoms with van der Waals surface area (Å²) in [5.74, 6) is -0.452. The number of hydrogen-bond donors (Lipinski definition) is 2. The van der Waals surface area contributed by atoms with Crippen LogP contribution in [0.4, 0.5) is 0 Å². The average molecular weight is 446 g/mol. The molecule has 3 heterocycles. The molecule has 2 N–H and O–H groups in total. The van der Waals surface area contributed by atoms with Gasteiger partial charge in [0.1, 0.15) is 6.10 Å². The number of piperidine rings is 1. The zero-order valence-corrected chi connectivity index (χ0v) is 18.2. The Morgan fingerprint density at radius 1 is 1.12 bits per heavy atom. The first-order chi connectivity index (χ1) is 15.5. The van der Waals surface area contributed by atoms with E-state index in [0.717, 1.165) is 26.1 Å². The summed E-state index contributed by atoms with van der Waals surface area (Å²) >= 11 is 0. The van der Waals surface area contributed by atoms with Crippen LogP contribution in [0.25, 0.3) is 0 Å². The zero-order chi connectivity index (χ0) is 23.0. The van der Waals surface area contributed by atoms with Crippen molar-refractivity contribution in [2.24, 2.45) is 5.41 Å². The Labute approximate surface area is 187 Å². The number of nitrogens with one attached hydrogen (secondary N) is 1. The first-order valence-corrected chi connectivity index (χ1v) is 11.1. The predicted molar refractivity (Wildman–Crippen MR) is 116 cm³/mol. The molecule has 9 nitrogen and oxygen atoms in total. The maximum absolute atomic E-state index is 12.6. The molecule has 0 radical (unpaired) electrons. The molecule has 1 atom stereocenters. The summed E-state index contributed by atoms with van der Waals surface area (Å²) in [5, 5.41) is 9.57. The molecule has 0 bridgehead atoms. The van der Waals surface area contributed by atoms with Crippen molar-refractivity contribution < 1.29 is 29.0 Å². The second-order valence-electron chi connectivity index (χ2n) is 8.55. The SMILES string of the molecule is O=C(NCC(=O)N1CCC2(CC1)CC(CN1CCCC1)OC2=O)c1ccccc1.O=CO. The molecule has 1 aromatic carbocycles. The summed E-state index contributed by atoms with van der Waals surface area (Å²) in [6.07, 6.45) is 4.47. The van der Waals surface area contributed by atoms with Crippen molar-refractivity contribution in [3.8, 4) is 0 Å². The van der Waals surface area contributed by atoms with Crippen molar-refractivity contribution in [3.05, 3.63) is 35.9 Å². The molecule has 1 aromatic rings. The lowest BCUT2D eigenvalue weighted by Crippen LogP contribution is -2.48. The van der Waals surface area contributed by atoms with E-state index in [1.165, 1.54) is 12.8 Å². The first kappa shape index (κ1) is 23.7. The fourth-order valence-electron chi connectivity index (χ4n) is 4.74. The molecule has 0 aromatic heterocycles. The first-order valence-electron chi connectivity index (χ1n) is 11.1. The molecular weight excluding hydrogens is 414 g/mol. The van der Waals surface area contributed by atoms with Crippen molar-refractivity contribution >= 4 is 24.3 Å². The Morgan fingerprint density at radius 3 is 2.38 bits per heavy atom. The minimum Gasteiger partial charge on any atom is -0.483 e. The van der Waals surface area contributed by atoms with Crippen molar-refractivity contribution in [3.63, 3.8) is 0 Å². The van der Waals surface area contributed by atoms with Gasteiger partial charge in [0.2, 0.25) is 5.91 Å². The molecule has 4 rings (SSSR count). The number of esters is 1. The van der Waals surface area contributed by atoms with Gasteiger partial charge in [-0.25, -0.2) is 0 Å². The molecule has 2 amide bonds. The third-order valence-corrected chi connectivity index (χ3v) is 6.50. The topological polar surface area (TPSA) is 116 Å². The Hall–Kier alpha value is -2.94. The molecule has 1 unspecified atom stereocenters. The van der Waals surface area contributed by atoms with Gasteiger partial charge in [0.15, 0.2) is 0 Å². The van der Waals surface area contributed by atoms with E-state index in [0.29, 0.717) is 31.5 Å². The van der Waals surface area contributed by atoms with Crippen LogP contribution in [0.15, 0.2) is 30.3 Å². The quantitative estimate of drug-likeness (QED) is 0.516. The van der Waals surface area contributed by atoms with E-state index in [-0.39, 0.29) is 36.9 Å². The minimum absolute atomic E-state index is 0.0204. The van der Waals surface area contributed by atoms with E-state index in [9.17, 15) is 14.4 Å². The molecular formula is C23H31N3O6. The van der Waals surface area contributed by atoms with Crippen molar-refractivity contribution in [1.82, 2.24) is 15.1 Å². The third kappa shape index (κ3) is 5.85. The lowest BCUT2D eigenvalue weighted by atomic mass is 9.76. The van der Waals surface area contributed by atoms with Crippen LogP contribution in [0.5, 0.6) is 0 Å². The van der Waals surface area contributed by atoms with Crippen LogP contribution in [-0.4, -0.2) is 84.5 Å². The number of nitrogens with zero attached hydrogens (tertiary/aromatic N) is 2. The van der Waals surface area contributed by atoms with Gasteiger partial charge in [0, 0.05) is 31.6 Å². The van der Waals surface area contributed by atoms with Gasteiger partial charge >= 0.3 is 5.97 Å². The molecule has 0 saturated carbocycles. The average Bonchev–Trinajstić information content (AvgIpc) is 3.41. The number of amides is 2. The van der Waals surface area contributed by atoms with Gasteiger partial charge in [0.05, 0.1) is 12.0 Å². The summed E-state index contributed by atoms with van der Waals surface area (Å²) in [4.78, 5) is 49.7. The molecule has 1 spiro atoms. The Balaban J connectivity index is 0.000000913. The number of benzene rings is 1. The van der Waals surface area contributed by atoms with Crippen LogP contribution in [-0.2, 0) is 19.1 Å². The number of carbonyl (C=O) groups excluding carboxylic acids is 3. The van der Waals surface area contributed by atoms with Crippen LogP contribution in [0.1, 0.15) is 42.5 Å². The Bertz CT molecular complexity index is 801. The number of rotatable bonds is 5. The van der Waals surface area contributed by atoms with E-state index in [1.54, 1.807) is 29.2 Å². The second kappa shape index (κ2) is 11.1. The number of likely N-dealkylation sites (tertiary alicyclic amines) is 2. The molecule has 3 fully saturated rings. The monoisotopic (exact) mass is 445 g/mol. The highest BCUT2D eigenvalue weighted by atomic mass is 16.6. The van der Waals surface area contributed by atoms with Crippen LogP contribution in [0.2, 0.25) is 0 Å². The highest BCUT2D eigenvalue weighted by Gasteiger charge is 2.51. The minimum atomic E-state index is -0.436. The molecule has 174 valence electrons. The van der Waals surface area contributed by atoms with E-state index < -0.39 is 5.41 Å². The van der Waals surface area contributed by atoms with Crippen molar-refractivity contribution in [2.75, 3.05) is 39.3 Å². The number of carboxylic acid groups (broad SMARTS) is 1. The van der Waals surface area contributed by atoms with Gasteiger partial charge in [-0.05, 0) is 50.9 Å². The standard InChI is InChI=1S/C22H29N3O4.CH2O2/c26-19(15-23-20(27)17-6-2-1-3-7-17)25-12-8-22(9-13-25)14-18(29-21(22)28)16-24-10-4-5-11-24;2-1-3/h1-3,6-7,18H,4-5,8-16H2,(H,23,27);1H,(H,2,3). The molecule has 3 aliphatic heterocycles. The van der Waals surface area contributed by atoms with Crippen LogP contribution in [0, 0.1) is 5.41 Å². The summed E-state index contributed by atoms with van der Waals surface area (Å²) in [6, 6.07) is 8.86. The van der Waals surface area contributed by atoms with Crippen LogP contribution < -0.4 is 5.32 Å². The van der Waals surface area contributed by atoms with Gasteiger partial charge in [0.25, 0.3) is 12.4 Å². The van der Waals surface area contributed by atoms with Crippen molar-refractivity contribution in [2.45, 2.75) is 38.2 Å². The smallest absolute Gasteiger partial charge is 0.312 e. The number of ether oxygens (including phenoxy) is 1. The lowest BCUT2D eigenvalue weighted by Gasteiger charge is -2.36. The number of cyclic esters (lactones) is 1.